The SMILES string of the molecule is Cn1nccc1CCC(=O)N1CCOCCOc2ccc(F)cc2Cc2cccc(c2)C1. The first-order valence-electron chi connectivity index (χ1n) is 10.9. The highest BCUT2D eigenvalue weighted by Gasteiger charge is 2.16. The summed E-state index contributed by atoms with van der Waals surface area (Å²) < 4.78 is 27.2. The van der Waals surface area contributed by atoms with Crippen molar-refractivity contribution in [3.05, 3.63) is 82.9 Å². The summed E-state index contributed by atoms with van der Waals surface area (Å²) in [6.07, 6.45) is 3.35. The minimum absolute atomic E-state index is 0.0796. The van der Waals surface area contributed by atoms with Crippen LogP contribution in [0.3, 0.4) is 0 Å². The minimum Gasteiger partial charge on any atom is -0.491 e. The zero-order valence-corrected chi connectivity index (χ0v) is 18.3. The van der Waals surface area contributed by atoms with Gasteiger partial charge in [0.15, 0.2) is 0 Å². The molecule has 32 heavy (non-hydrogen) atoms. The zero-order valence-electron chi connectivity index (χ0n) is 18.3. The van der Waals surface area contributed by atoms with E-state index < -0.39 is 0 Å². The summed E-state index contributed by atoms with van der Waals surface area (Å²) in [4.78, 5) is 14.9. The van der Waals surface area contributed by atoms with Crippen LogP contribution in [0, 0.1) is 5.82 Å². The number of nitrogens with zero attached hydrogens (tertiary/aromatic N) is 3. The molecule has 1 aromatic heterocycles. The maximum Gasteiger partial charge on any atom is 0.223 e. The Bertz CT molecular complexity index is 1070. The summed E-state index contributed by atoms with van der Waals surface area (Å²) in [5.41, 5.74) is 3.91. The Morgan fingerprint density at radius 2 is 1.97 bits per heavy atom. The first-order valence-corrected chi connectivity index (χ1v) is 10.9. The Kier molecular flexibility index (Phi) is 7.17. The number of aryl methyl sites for hydroxylation is 2. The predicted molar refractivity (Wildman–Crippen MR) is 119 cm³/mol. The van der Waals surface area contributed by atoms with E-state index in [0.29, 0.717) is 57.9 Å². The molecule has 1 aliphatic heterocycles. The number of benzene rings is 2. The number of hydrogen-bond donors (Lipinski definition) is 0. The average molecular weight is 438 g/mol. The highest BCUT2D eigenvalue weighted by atomic mass is 19.1. The number of amides is 1. The number of aromatic nitrogens is 2. The molecule has 0 fully saturated rings. The second kappa shape index (κ2) is 10.4. The lowest BCUT2D eigenvalue weighted by molar-refractivity contribution is -0.132. The third-order valence-electron chi connectivity index (χ3n) is 5.64. The van der Waals surface area contributed by atoms with E-state index in [4.69, 9.17) is 9.47 Å². The number of carbonyl (C=O) groups excluding carboxylic acids is 1. The number of hydrogen-bond acceptors (Lipinski definition) is 4. The molecule has 2 bridgehead atoms. The number of rotatable bonds is 3. The fourth-order valence-electron chi connectivity index (χ4n) is 3.92. The van der Waals surface area contributed by atoms with Crippen molar-refractivity contribution in [2.75, 3.05) is 26.4 Å². The monoisotopic (exact) mass is 437 g/mol. The number of ether oxygens (including phenoxy) is 2. The molecule has 7 heteroatoms. The highest BCUT2D eigenvalue weighted by Crippen LogP contribution is 2.24. The summed E-state index contributed by atoms with van der Waals surface area (Å²) in [5, 5.41) is 4.17. The van der Waals surface area contributed by atoms with Crippen molar-refractivity contribution in [1.29, 1.82) is 0 Å². The van der Waals surface area contributed by atoms with Gasteiger partial charge < -0.3 is 14.4 Å². The summed E-state index contributed by atoms with van der Waals surface area (Å²) in [6.45, 7) is 2.22. The number of halogens is 1. The third kappa shape index (κ3) is 5.73. The van der Waals surface area contributed by atoms with Crippen LogP contribution in [0.5, 0.6) is 5.75 Å². The fraction of sp³-hybridized carbons (Fsp3) is 0.360. The molecule has 2 heterocycles. The molecule has 4 rings (SSSR count). The molecule has 1 aliphatic rings. The lowest BCUT2D eigenvalue weighted by Gasteiger charge is -2.24. The smallest absolute Gasteiger partial charge is 0.223 e. The Morgan fingerprint density at radius 1 is 1.09 bits per heavy atom. The second-order valence-electron chi connectivity index (χ2n) is 7.97. The standard InChI is InChI=1S/C25H28FN3O3/c1-28-23(9-10-27-28)6-8-25(30)29-11-12-31-13-14-32-24-7-5-22(26)17-21(24)16-19-3-2-4-20(15-19)18-29/h2-5,7,9-10,15,17H,6,8,11-14,16,18H2,1H3. The van der Waals surface area contributed by atoms with Crippen LogP contribution < -0.4 is 4.74 Å². The highest BCUT2D eigenvalue weighted by molar-refractivity contribution is 5.76. The molecule has 0 N–H and O–H groups in total. The molecule has 0 atom stereocenters. The molecule has 0 radical (unpaired) electrons. The summed E-state index contributed by atoms with van der Waals surface area (Å²) >= 11 is 0. The molecule has 3 aromatic rings. The minimum atomic E-state index is -0.286. The van der Waals surface area contributed by atoms with Gasteiger partial charge in [0, 0.05) is 50.4 Å². The van der Waals surface area contributed by atoms with E-state index in [1.807, 2.05) is 36.2 Å². The zero-order chi connectivity index (χ0) is 22.3. The maximum atomic E-state index is 13.9. The van der Waals surface area contributed by atoms with Gasteiger partial charge in [0.2, 0.25) is 5.91 Å². The fourth-order valence-corrected chi connectivity index (χ4v) is 3.92. The molecule has 0 saturated carbocycles. The van der Waals surface area contributed by atoms with E-state index in [2.05, 4.69) is 11.2 Å². The lowest BCUT2D eigenvalue weighted by atomic mass is 10.0. The van der Waals surface area contributed by atoms with Crippen LogP contribution in [0.15, 0.2) is 54.7 Å². The van der Waals surface area contributed by atoms with Crippen LogP contribution in [0.25, 0.3) is 0 Å². The summed E-state index contributed by atoms with van der Waals surface area (Å²) in [6, 6.07) is 14.6. The van der Waals surface area contributed by atoms with Crippen LogP contribution in [-0.2, 0) is 36.0 Å². The molecule has 0 spiro atoms. The summed E-state index contributed by atoms with van der Waals surface area (Å²) in [7, 11) is 1.88. The van der Waals surface area contributed by atoms with Gasteiger partial charge in [-0.3, -0.25) is 9.48 Å². The Labute approximate surface area is 187 Å². The van der Waals surface area contributed by atoms with E-state index in [1.165, 1.54) is 12.1 Å². The van der Waals surface area contributed by atoms with Gasteiger partial charge >= 0.3 is 0 Å². The van der Waals surface area contributed by atoms with Gasteiger partial charge in [-0.15, -0.1) is 0 Å². The van der Waals surface area contributed by atoms with E-state index in [9.17, 15) is 9.18 Å². The molecular formula is C25H28FN3O3. The van der Waals surface area contributed by atoms with Gasteiger partial charge in [-0.1, -0.05) is 24.3 Å². The molecule has 0 aliphatic carbocycles. The first-order chi connectivity index (χ1) is 15.6. The van der Waals surface area contributed by atoms with Gasteiger partial charge in [-0.2, -0.15) is 5.10 Å². The Hall–Kier alpha value is -3.19. The maximum absolute atomic E-state index is 13.9. The molecular weight excluding hydrogens is 409 g/mol. The van der Waals surface area contributed by atoms with Gasteiger partial charge in [-0.25, -0.2) is 4.39 Å². The van der Waals surface area contributed by atoms with Crippen molar-refractivity contribution in [3.8, 4) is 5.75 Å². The molecule has 168 valence electrons. The molecule has 0 unspecified atom stereocenters. The van der Waals surface area contributed by atoms with Crippen molar-refractivity contribution < 1.29 is 18.7 Å². The normalized spacial score (nSPS) is 14.9. The van der Waals surface area contributed by atoms with E-state index in [1.54, 1.807) is 16.9 Å². The van der Waals surface area contributed by atoms with E-state index in [0.717, 1.165) is 22.4 Å². The van der Waals surface area contributed by atoms with Crippen LogP contribution in [-0.4, -0.2) is 47.0 Å². The largest absolute Gasteiger partial charge is 0.491 e. The van der Waals surface area contributed by atoms with Crippen LogP contribution in [0.2, 0.25) is 0 Å². The number of carbonyl (C=O) groups is 1. The van der Waals surface area contributed by atoms with Crippen LogP contribution in [0.4, 0.5) is 4.39 Å². The summed E-state index contributed by atoms with van der Waals surface area (Å²) in [5.74, 6) is 0.464. The van der Waals surface area contributed by atoms with Crippen molar-refractivity contribution >= 4 is 5.91 Å². The van der Waals surface area contributed by atoms with Crippen molar-refractivity contribution in [1.82, 2.24) is 14.7 Å². The van der Waals surface area contributed by atoms with Crippen LogP contribution in [0.1, 0.15) is 28.8 Å². The van der Waals surface area contributed by atoms with Gasteiger partial charge in [0.05, 0.1) is 13.2 Å². The third-order valence-corrected chi connectivity index (χ3v) is 5.64. The van der Waals surface area contributed by atoms with E-state index >= 15 is 0 Å². The average Bonchev–Trinajstić information content (AvgIpc) is 3.19. The molecule has 0 saturated heterocycles. The lowest BCUT2D eigenvalue weighted by Crippen LogP contribution is -2.34. The quantitative estimate of drug-likeness (QED) is 0.629. The van der Waals surface area contributed by atoms with Gasteiger partial charge in [0.25, 0.3) is 0 Å². The molecule has 1 amide bonds. The Balaban J connectivity index is 1.52. The van der Waals surface area contributed by atoms with Crippen molar-refractivity contribution in [3.63, 3.8) is 0 Å². The van der Waals surface area contributed by atoms with Gasteiger partial charge in [-0.05, 0) is 41.8 Å². The van der Waals surface area contributed by atoms with Crippen molar-refractivity contribution in [2.45, 2.75) is 25.8 Å². The topological polar surface area (TPSA) is 56.6 Å². The predicted octanol–water partition coefficient (Wildman–Crippen LogP) is 3.52. The van der Waals surface area contributed by atoms with Crippen LogP contribution >= 0.6 is 0 Å². The van der Waals surface area contributed by atoms with Gasteiger partial charge in [0.1, 0.15) is 18.2 Å². The molecule has 6 nitrogen and oxygen atoms in total. The Morgan fingerprint density at radius 3 is 2.81 bits per heavy atom. The first kappa shape index (κ1) is 22.0. The second-order valence-corrected chi connectivity index (χ2v) is 7.97. The number of fused-ring (bicyclic) bond motifs is 3. The molecule has 2 aromatic carbocycles. The van der Waals surface area contributed by atoms with E-state index in [-0.39, 0.29) is 11.7 Å². The van der Waals surface area contributed by atoms with Crippen molar-refractivity contribution in [2.24, 2.45) is 7.05 Å².